The van der Waals surface area contributed by atoms with E-state index < -0.39 is 7.12 Å². The highest BCUT2D eigenvalue weighted by molar-refractivity contribution is 14.1. The smallest absolute Gasteiger partial charge is 0.427 e. The predicted molar refractivity (Wildman–Crippen MR) is 48.8 cm³/mol. The lowest BCUT2D eigenvalue weighted by atomic mass is 9.99. The molecule has 0 unspecified atom stereocenters. The van der Waals surface area contributed by atoms with Crippen LogP contribution in [0.15, 0.2) is 0 Å². The fourth-order valence-corrected chi connectivity index (χ4v) is 0. The van der Waals surface area contributed by atoms with E-state index in [1.807, 2.05) is 0 Å². The molecule has 0 atom stereocenters. The predicted octanol–water partition coefficient (Wildman–Crippen LogP) is 0.139. The lowest BCUT2D eigenvalue weighted by molar-refractivity contribution is 0.399. The van der Waals surface area contributed by atoms with Crippen molar-refractivity contribution in [2.75, 3.05) is 11.5 Å². The second-order valence-corrected chi connectivity index (χ2v) is 2.42. The van der Waals surface area contributed by atoms with Crippen LogP contribution >= 0.6 is 22.6 Å². The third-order valence-corrected chi connectivity index (χ3v) is 0. The largest absolute Gasteiger partial charge is 0.448 e. The molecule has 58 valence electrons. The number of hydrogen-bond donors (Lipinski definition) is 3. The van der Waals surface area contributed by atoms with Gasteiger partial charge in [0.1, 0.15) is 0 Å². The molecule has 0 aromatic carbocycles. The second kappa shape index (κ2) is 23.4. The summed E-state index contributed by atoms with van der Waals surface area (Å²) in [5.74, 6) is 0. The summed E-state index contributed by atoms with van der Waals surface area (Å²) in [7, 11) is -0.167. The van der Waals surface area contributed by atoms with Gasteiger partial charge in [0.15, 0.2) is 0 Å². The van der Waals surface area contributed by atoms with Crippen molar-refractivity contribution < 1.29 is 15.2 Å². The summed E-state index contributed by atoms with van der Waals surface area (Å²) in [6.07, 6.45) is 0. The molecule has 0 fully saturated rings. The maximum absolute atomic E-state index is 7.61. The van der Waals surface area contributed by atoms with E-state index in [4.69, 9.17) is 15.2 Å². The highest BCUT2D eigenvalue weighted by Gasteiger charge is 1.86. The molecular weight excluding hydrogens is 234 g/mol. The van der Waals surface area contributed by atoms with E-state index in [2.05, 4.69) is 29.5 Å². The van der Waals surface area contributed by atoms with Gasteiger partial charge in [-0.3, -0.25) is 0 Å². The van der Waals surface area contributed by atoms with E-state index >= 15 is 0 Å². The molecule has 0 aliphatic carbocycles. The maximum atomic E-state index is 7.61. The molecule has 0 aliphatic heterocycles. The van der Waals surface area contributed by atoms with Crippen LogP contribution in [0.25, 0.3) is 0 Å². The Kier molecular flexibility index (Phi) is 42.5. The van der Waals surface area contributed by atoms with Crippen LogP contribution in [-0.2, 0) is 0 Å². The zero-order valence-corrected chi connectivity index (χ0v) is 8.16. The molecule has 3 nitrogen and oxygen atoms in total. The fraction of sp³-hybridized carbons (Fsp3) is 1.00. The zero-order chi connectivity index (χ0) is 8.28. The van der Waals surface area contributed by atoms with Crippen molar-refractivity contribution in [3.63, 3.8) is 0 Å². The minimum absolute atomic E-state index is 1.00. The number of hydrogen-bond acceptors (Lipinski definition) is 3. The van der Waals surface area contributed by atoms with Gasteiger partial charge in [0, 0.05) is 7.11 Å². The van der Waals surface area contributed by atoms with Gasteiger partial charge in [0.05, 0.1) is 0 Å². The summed E-state index contributed by atoms with van der Waals surface area (Å²) < 4.78 is 1.22. The van der Waals surface area contributed by atoms with E-state index in [-0.39, 0.29) is 0 Å². The Morgan fingerprint density at radius 2 is 1.33 bits per heavy atom. The molecule has 5 heteroatoms. The minimum atomic E-state index is -1.17. The van der Waals surface area contributed by atoms with Crippen LogP contribution in [0.2, 0.25) is 6.82 Å². The number of rotatable bonds is 0. The van der Waals surface area contributed by atoms with Crippen molar-refractivity contribution in [1.29, 1.82) is 0 Å². The lowest BCUT2D eigenvalue weighted by Gasteiger charge is -1.71. The van der Waals surface area contributed by atoms with Crippen LogP contribution in [0.5, 0.6) is 0 Å². The number of halogens is 1. The van der Waals surface area contributed by atoms with E-state index in [0.29, 0.717) is 0 Å². The Hall–Kier alpha value is 0.675. The first kappa shape index (κ1) is 16.3. The summed E-state index contributed by atoms with van der Waals surface area (Å²) in [4.78, 5) is 0. The standard InChI is InChI=1S/C2H5I.CH5BO2.CH4O/c1-2-3;1-2(3)4;1-2/h2H2,1H3;3-4H,1H3;2H,1H3. The molecule has 3 N–H and O–H groups in total. The second-order valence-electron chi connectivity index (χ2n) is 0.899. The van der Waals surface area contributed by atoms with Crippen molar-refractivity contribution in [2.45, 2.75) is 13.7 Å². The van der Waals surface area contributed by atoms with Crippen molar-refractivity contribution in [2.24, 2.45) is 0 Å². The van der Waals surface area contributed by atoms with Gasteiger partial charge in [-0.25, -0.2) is 0 Å². The van der Waals surface area contributed by atoms with E-state index in [9.17, 15) is 0 Å². The minimum Gasteiger partial charge on any atom is -0.427 e. The zero-order valence-electron chi connectivity index (χ0n) is 6.00. The van der Waals surface area contributed by atoms with Crippen molar-refractivity contribution in [1.82, 2.24) is 0 Å². The third-order valence-electron chi connectivity index (χ3n) is 0. The topological polar surface area (TPSA) is 60.7 Å². The van der Waals surface area contributed by atoms with Crippen LogP contribution in [0.1, 0.15) is 6.92 Å². The Bertz CT molecular complexity index is 27.0. The summed E-state index contributed by atoms with van der Waals surface area (Å²) >= 11 is 2.29. The van der Waals surface area contributed by atoms with E-state index in [1.54, 1.807) is 0 Å². The van der Waals surface area contributed by atoms with Gasteiger partial charge in [0.2, 0.25) is 0 Å². The van der Waals surface area contributed by atoms with Crippen LogP contribution in [-0.4, -0.2) is 33.8 Å². The monoisotopic (exact) mass is 248 g/mol. The molecule has 0 rings (SSSR count). The SMILES string of the molecule is CB(O)O.CCI.CO. The summed E-state index contributed by atoms with van der Waals surface area (Å²) in [6.45, 7) is 3.39. The quantitative estimate of drug-likeness (QED) is 0.324. The van der Waals surface area contributed by atoms with Gasteiger partial charge >= 0.3 is 7.12 Å². The molecule has 9 heavy (non-hydrogen) atoms. The Morgan fingerprint density at radius 3 is 1.33 bits per heavy atom. The van der Waals surface area contributed by atoms with Gasteiger partial charge in [-0.05, 0) is 11.3 Å². The van der Waals surface area contributed by atoms with Crippen LogP contribution < -0.4 is 0 Å². The molecule has 0 heterocycles. The van der Waals surface area contributed by atoms with E-state index in [0.717, 1.165) is 7.11 Å². The first-order valence-corrected chi connectivity index (χ1v) is 4.04. The van der Waals surface area contributed by atoms with Crippen LogP contribution in [0.3, 0.4) is 0 Å². The van der Waals surface area contributed by atoms with Crippen molar-refractivity contribution in [3.05, 3.63) is 0 Å². The van der Waals surface area contributed by atoms with Gasteiger partial charge in [-0.1, -0.05) is 29.5 Å². The first-order valence-electron chi connectivity index (χ1n) is 2.52. The number of alkyl halides is 1. The average Bonchev–Trinajstić information content (AvgIpc) is 1.71. The maximum Gasteiger partial charge on any atom is 0.448 e. The van der Waals surface area contributed by atoms with Gasteiger partial charge in [-0.15, -0.1) is 0 Å². The highest BCUT2D eigenvalue weighted by atomic mass is 127. The fourth-order valence-electron chi connectivity index (χ4n) is 0. The van der Waals surface area contributed by atoms with Crippen LogP contribution in [0.4, 0.5) is 0 Å². The molecule has 0 spiro atoms. The Balaban J connectivity index is -0.0000000646. The molecular formula is C4H14BIO3. The third kappa shape index (κ3) is 848. The molecule has 0 saturated carbocycles. The van der Waals surface area contributed by atoms with Gasteiger partial charge < -0.3 is 15.2 Å². The lowest BCUT2D eigenvalue weighted by Crippen LogP contribution is -2.00. The molecule has 0 amide bonds. The molecule has 0 bridgehead atoms. The normalized spacial score (nSPS) is 5.67. The van der Waals surface area contributed by atoms with Gasteiger partial charge in [0.25, 0.3) is 0 Å². The number of aliphatic hydroxyl groups excluding tert-OH is 1. The van der Waals surface area contributed by atoms with Crippen molar-refractivity contribution in [3.8, 4) is 0 Å². The molecule has 0 radical (unpaired) electrons. The summed E-state index contributed by atoms with van der Waals surface area (Å²) in [5.41, 5.74) is 0. The van der Waals surface area contributed by atoms with Crippen molar-refractivity contribution >= 4 is 29.7 Å². The number of aliphatic hydroxyl groups is 1. The van der Waals surface area contributed by atoms with Crippen LogP contribution in [0, 0.1) is 0 Å². The molecule has 0 aromatic heterocycles. The molecule has 0 saturated heterocycles. The highest BCUT2D eigenvalue weighted by Crippen LogP contribution is 1.69. The molecule has 0 aliphatic rings. The van der Waals surface area contributed by atoms with Gasteiger partial charge in [-0.2, -0.15) is 0 Å². The Morgan fingerprint density at radius 1 is 1.33 bits per heavy atom. The average molecular weight is 248 g/mol. The molecule has 0 aromatic rings. The van der Waals surface area contributed by atoms with E-state index in [1.165, 1.54) is 11.3 Å². The first-order chi connectivity index (χ1) is 4.15. The Labute approximate surface area is 70.4 Å². The summed E-state index contributed by atoms with van der Waals surface area (Å²) in [6, 6.07) is 0. The summed E-state index contributed by atoms with van der Waals surface area (Å²) in [5, 5.41) is 22.2.